The monoisotopic (exact) mass is 148 g/mol. The summed E-state index contributed by atoms with van der Waals surface area (Å²) in [6.07, 6.45) is 5.73. The summed E-state index contributed by atoms with van der Waals surface area (Å²) in [4.78, 5) is 0. The third kappa shape index (κ3) is 1.15. The zero-order valence-electron chi connectivity index (χ0n) is 6.23. The highest BCUT2D eigenvalue weighted by Gasteiger charge is 2.12. The first-order valence-corrected chi connectivity index (χ1v) is 3.85. The summed E-state index contributed by atoms with van der Waals surface area (Å²) >= 11 is 0. The number of hydrogen-bond donors (Lipinski definition) is 0. The van der Waals surface area contributed by atoms with Crippen molar-refractivity contribution in [3.63, 3.8) is 0 Å². The molecule has 11 heavy (non-hydrogen) atoms. The lowest BCUT2D eigenvalue weighted by atomic mass is 9.91. The van der Waals surface area contributed by atoms with Gasteiger partial charge in [0, 0.05) is 0 Å². The van der Waals surface area contributed by atoms with Crippen molar-refractivity contribution in [1.29, 1.82) is 0 Å². The number of benzene rings is 1. The van der Waals surface area contributed by atoms with E-state index in [0.29, 0.717) is 0 Å². The average molecular weight is 148 g/mol. The third-order valence-corrected chi connectivity index (χ3v) is 2.08. The molecule has 1 heteroatoms. The van der Waals surface area contributed by atoms with Crippen LogP contribution in [0.4, 0.5) is 4.39 Å². The molecule has 0 heterocycles. The van der Waals surface area contributed by atoms with Crippen LogP contribution in [0, 0.1) is 12.2 Å². The summed E-state index contributed by atoms with van der Waals surface area (Å²) in [5.41, 5.74) is 2.00. The first-order chi connectivity index (χ1) is 5.38. The highest BCUT2D eigenvalue weighted by molar-refractivity contribution is 5.32. The Morgan fingerprint density at radius 2 is 2.27 bits per heavy atom. The molecular formula is C10H9F. The van der Waals surface area contributed by atoms with E-state index in [-0.39, 0.29) is 5.82 Å². The molecule has 0 bridgehead atoms. The van der Waals surface area contributed by atoms with Crippen molar-refractivity contribution in [2.45, 2.75) is 19.3 Å². The Morgan fingerprint density at radius 1 is 1.36 bits per heavy atom. The lowest BCUT2D eigenvalue weighted by Crippen LogP contribution is -2.04. The van der Waals surface area contributed by atoms with Crippen LogP contribution in [-0.4, -0.2) is 0 Å². The fourth-order valence-electron chi connectivity index (χ4n) is 1.49. The topological polar surface area (TPSA) is 0 Å². The van der Waals surface area contributed by atoms with Gasteiger partial charge in [-0.2, -0.15) is 0 Å². The Bertz CT molecular complexity index is 266. The maximum Gasteiger partial charge on any atom is 0.126 e. The molecule has 0 saturated carbocycles. The molecule has 2 radical (unpaired) electrons. The van der Waals surface area contributed by atoms with Crippen LogP contribution < -0.4 is 0 Å². The zero-order chi connectivity index (χ0) is 7.68. The molecule has 0 amide bonds. The number of rotatable bonds is 0. The lowest BCUT2D eigenvalue weighted by Gasteiger charge is -2.14. The lowest BCUT2D eigenvalue weighted by molar-refractivity contribution is 0.598. The van der Waals surface area contributed by atoms with Crippen LogP contribution in [-0.2, 0) is 12.8 Å². The summed E-state index contributed by atoms with van der Waals surface area (Å²) < 4.78 is 13.0. The average Bonchev–Trinajstić information content (AvgIpc) is 2.06. The Kier molecular flexibility index (Phi) is 1.65. The van der Waals surface area contributed by atoms with Crippen LogP contribution in [0.5, 0.6) is 0 Å². The molecule has 1 aliphatic rings. The fraction of sp³-hybridized carbons (Fsp3) is 0.300. The van der Waals surface area contributed by atoms with Crippen molar-refractivity contribution >= 4 is 0 Å². The van der Waals surface area contributed by atoms with E-state index >= 15 is 0 Å². The second kappa shape index (κ2) is 2.65. The summed E-state index contributed by atoms with van der Waals surface area (Å²) in [6.45, 7) is 0. The Hall–Kier alpha value is -0.850. The van der Waals surface area contributed by atoms with E-state index in [1.807, 2.05) is 6.07 Å². The van der Waals surface area contributed by atoms with Gasteiger partial charge in [0.05, 0.1) is 0 Å². The van der Waals surface area contributed by atoms with E-state index in [4.69, 9.17) is 0 Å². The van der Waals surface area contributed by atoms with Crippen molar-refractivity contribution in [1.82, 2.24) is 0 Å². The molecule has 0 unspecified atom stereocenters. The normalized spacial score (nSPS) is 16.1. The predicted molar refractivity (Wildman–Crippen MR) is 41.7 cm³/mol. The van der Waals surface area contributed by atoms with Gasteiger partial charge in [-0.25, -0.2) is 4.39 Å². The van der Waals surface area contributed by atoms with Gasteiger partial charge in [0.2, 0.25) is 0 Å². The first kappa shape index (κ1) is 6.84. The maximum absolute atomic E-state index is 13.0. The van der Waals surface area contributed by atoms with Crippen LogP contribution in [0.15, 0.2) is 18.2 Å². The standard InChI is InChI=1S/C10H9F/c11-10-7-3-5-8-4-1-2-6-9(8)10/h3,5,7H,2,4,6H2. The van der Waals surface area contributed by atoms with Crippen molar-refractivity contribution in [2.24, 2.45) is 0 Å². The quantitative estimate of drug-likeness (QED) is 0.530. The smallest absolute Gasteiger partial charge is 0.126 e. The zero-order valence-corrected chi connectivity index (χ0v) is 6.23. The predicted octanol–water partition coefficient (Wildman–Crippen LogP) is 2.40. The number of halogens is 1. The SMILES string of the molecule is Fc1cccc2c1CC[C]C2. The van der Waals surface area contributed by atoms with E-state index in [0.717, 1.165) is 30.4 Å². The molecule has 0 atom stereocenters. The van der Waals surface area contributed by atoms with Gasteiger partial charge in [0.15, 0.2) is 0 Å². The molecular weight excluding hydrogens is 139 g/mol. The Labute approximate surface area is 66.1 Å². The van der Waals surface area contributed by atoms with Crippen molar-refractivity contribution < 1.29 is 4.39 Å². The van der Waals surface area contributed by atoms with Crippen molar-refractivity contribution in [3.05, 3.63) is 41.6 Å². The van der Waals surface area contributed by atoms with E-state index in [2.05, 4.69) is 6.42 Å². The molecule has 1 aromatic carbocycles. The molecule has 0 aliphatic heterocycles. The Morgan fingerprint density at radius 3 is 3.09 bits per heavy atom. The largest absolute Gasteiger partial charge is 0.207 e. The van der Waals surface area contributed by atoms with E-state index in [1.54, 1.807) is 6.07 Å². The van der Waals surface area contributed by atoms with Crippen LogP contribution in [0.2, 0.25) is 0 Å². The van der Waals surface area contributed by atoms with Crippen LogP contribution >= 0.6 is 0 Å². The fourth-order valence-corrected chi connectivity index (χ4v) is 1.49. The summed E-state index contributed by atoms with van der Waals surface area (Å²) in [5.74, 6) is -0.0519. The molecule has 2 rings (SSSR count). The van der Waals surface area contributed by atoms with Crippen LogP contribution in [0.25, 0.3) is 0 Å². The second-order valence-electron chi connectivity index (χ2n) is 2.80. The molecule has 0 fully saturated rings. The minimum atomic E-state index is -0.0519. The van der Waals surface area contributed by atoms with Gasteiger partial charge in [-0.15, -0.1) is 0 Å². The maximum atomic E-state index is 13.0. The van der Waals surface area contributed by atoms with Gasteiger partial charge in [0.25, 0.3) is 0 Å². The van der Waals surface area contributed by atoms with Crippen molar-refractivity contribution in [3.8, 4) is 0 Å². The molecule has 0 saturated heterocycles. The van der Waals surface area contributed by atoms with Gasteiger partial charge in [-0.1, -0.05) is 12.1 Å². The van der Waals surface area contributed by atoms with E-state index < -0.39 is 0 Å². The van der Waals surface area contributed by atoms with E-state index in [9.17, 15) is 4.39 Å². The third-order valence-electron chi connectivity index (χ3n) is 2.08. The summed E-state index contributed by atoms with van der Waals surface area (Å²) in [7, 11) is 0. The molecule has 56 valence electrons. The Balaban J connectivity index is 2.49. The van der Waals surface area contributed by atoms with Crippen LogP contribution in [0.3, 0.4) is 0 Å². The second-order valence-corrected chi connectivity index (χ2v) is 2.80. The van der Waals surface area contributed by atoms with Gasteiger partial charge in [-0.05, 0) is 42.9 Å². The van der Waals surface area contributed by atoms with E-state index in [1.165, 1.54) is 6.07 Å². The first-order valence-electron chi connectivity index (χ1n) is 3.85. The number of fused-ring (bicyclic) bond motifs is 1. The molecule has 0 nitrogen and oxygen atoms in total. The summed E-state index contributed by atoms with van der Waals surface area (Å²) in [6, 6.07) is 5.27. The minimum Gasteiger partial charge on any atom is -0.207 e. The van der Waals surface area contributed by atoms with Gasteiger partial charge in [0.1, 0.15) is 5.82 Å². The van der Waals surface area contributed by atoms with Gasteiger partial charge >= 0.3 is 0 Å². The highest BCUT2D eigenvalue weighted by Crippen LogP contribution is 2.22. The molecule has 1 aliphatic carbocycles. The molecule has 1 aromatic rings. The summed E-state index contributed by atoms with van der Waals surface area (Å²) in [5, 5.41) is 0. The van der Waals surface area contributed by atoms with Gasteiger partial charge < -0.3 is 0 Å². The molecule has 0 spiro atoms. The van der Waals surface area contributed by atoms with Gasteiger partial charge in [-0.3, -0.25) is 0 Å². The van der Waals surface area contributed by atoms with Crippen molar-refractivity contribution in [2.75, 3.05) is 0 Å². The van der Waals surface area contributed by atoms with Crippen LogP contribution in [0.1, 0.15) is 17.5 Å². The molecule has 0 aromatic heterocycles. The molecule has 0 N–H and O–H groups in total. The number of hydrogen-bond acceptors (Lipinski definition) is 0. The highest BCUT2D eigenvalue weighted by atomic mass is 19.1. The minimum absolute atomic E-state index is 0.0519.